The molecule has 0 aliphatic heterocycles. The lowest BCUT2D eigenvalue weighted by Gasteiger charge is -2.27. The number of nitrogens with zero attached hydrogens (tertiary/aromatic N) is 1. The van der Waals surface area contributed by atoms with Crippen molar-refractivity contribution in [1.82, 2.24) is 10.4 Å². The van der Waals surface area contributed by atoms with Crippen LogP contribution in [0.4, 0.5) is 4.79 Å². The molecular weight excluding hydrogens is 436 g/mol. The number of alkyl carbamates (subject to hydrolysis) is 1. The van der Waals surface area contributed by atoms with Crippen LogP contribution in [0.1, 0.15) is 44.7 Å². The van der Waals surface area contributed by atoms with Crippen molar-refractivity contribution in [3.05, 3.63) is 59.7 Å². The van der Waals surface area contributed by atoms with E-state index < -0.39 is 30.6 Å². The van der Waals surface area contributed by atoms with E-state index in [2.05, 4.69) is 5.32 Å². The number of esters is 1. The number of nitrogens with one attached hydrogen (secondary N) is 1. The number of amides is 2. The summed E-state index contributed by atoms with van der Waals surface area (Å²) in [6.45, 7) is 6.92. The number of ether oxygens (including phenoxy) is 2. The second kappa shape index (κ2) is 11.2. The number of hydroxylamine groups is 2. The van der Waals surface area contributed by atoms with Crippen LogP contribution in [0.15, 0.2) is 48.5 Å². The molecule has 1 aliphatic carbocycles. The van der Waals surface area contributed by atoms with Crippen LogP contribution in [0.3, 0.4) is 0 Å². The molecule has 1 unspecified atom stereocenters. The average Bonchev–Trinajstić information content (AvgIpc) is 3.13. The van der Waals surface area contributed by atoms with Crippen LogP contribution >= 0.6 is 0 Å². The van der Waals surface area contributed by atoms with Gasteiger partial charge in [-0.25, -0.2) is 14.7 Å². The number of fused-ring (bicyclic) bond motifs is 3. The summed E-state index contributed by atoms with van der Waals surface area (Å²) in [5, 5.41) is 13.0. The molecule has 2 amide bonds. The summed E-state index contributed by atoms with van der Waals surface area (Å²) in [7, 11) is 0. The van der Waals surface area contributed by atoms with Crippen LogP contribution in [0.5, 0.6) is 0 Å². The van der Waals surface area contributed by atoms with Crippen molar-refractivity contribution in [2.45, 2.75) is 39.7 Å². The van der Waals surface area contributed by atoms with Crippen molar-refractivity contribution in [2.24, 2.45) is 11.8 Å². The van der Waals surface area contributed by atoms with Gasteiger partial charge >= 0.3 is 12.1 Å². The normalized spacial score (nSPS) is 13.3. The third-order valence-corrected chi connectivity index (χ3v) is 5.68. The lowest BCUT2D eigenvalue weighted by molar-refractivity contribution is -0.192. The first-order chi connectivity index (χ1) is 16.2. The molecule has 0 aromatic heterocycles. The summed E-state index contributed by atoms with van der Waals surface area (Å²) < 4.78 is 10.6. The van der Waals surface area contributed by atoms with Crippen molar-refractivity contribution in [3.63, 3.8) is 0 Å². The smallest absolute Gasteiger partial charge is 0.407 e. The number of rotatable bonds is 9. The Morgan fingerprint density at radius 1 is 0.941 bits per heavy atom. The molecule has 0 bridgehead atoms. The van der Waals surface area contributed by atoms with Gasteiger partial charge in [0.2, 0.25) is 0 Å². The van der Waals surface area contributed by atoms with Crippen LogP contribution in [0.25, 0.3) is 11.1 Å². The number of carbonyl (C=O) groups is 3. The van der Waals surface area contributed by atoms with E-state index >= 15 is 0 Å². The molecule has 8 heteroatoms. The lowest BCUT2D eigenvalue weighted by atomic mass is 9.98. The van der Waals surface area contributed by atoms with Gasteiger partial charge in [-0.2, -0.15) is 0 Å². The zero-order valence-corrected chi connectivity index (χ0v) is 20.0. The van der Waals surface area contributed by atoms with Gasteiger partial charge in [0.05, 0.1) is 6.61 Å². The van der Waals surface area contributed by atoms with Crippen molar-refractivity contribution < 1.29 is 29.1 Å². The minimum absolute atomic E-state index is 0.104. The van der Waals surface area contributed by atoms with Crippen molar-refractivity contribution in [2.75, 3.05) is 19.8 Å². The molecule has 0 heterocycles. The minimum atomic E-state index is -1.17. The van der Waals surface area contributed by atoms with Gasteiger partial charge in [0.15, 0.2) is 6.04 Å². The summed E-state index contributed by atoms with van der Waals surface area (Å²) in [5.41, 5.74) is 4.38. The Hall–Kier alpha value is -3.39. The van der Waals surface area contributed by atoms with Crippen LogP contribution in [-0.4, -0.2) is 54.0 Å². The van der Waals surface area contributed by atoms with Crippen LogP contribution < -0.4 is 5.32 Å². The maximum absolute atomic E-state index is 12.4. The number of hydrogen-bond donors (Lipinski definition) is 2. The van der Waals surface area contributed by atoms with Crippen LogP contribution in [-0.2, 0) is 19.1 Å². The summed E-state index contributed by atoms with van der Waals surface area (Å²) >= 11 is 0. The first-order valence-electron chi connectivity index (χ1n) is 11.5. The minimum Gasteiger partial charge on any atom is -0.464 e. The van der Waals surface area contributed by atoms with Gasteiger partial charge < -0.3 is 14.8 Å². The second-order valence-corrected chi connectivity index (χ2v) is 9.13. The third-order valence-electron chi connectivity index (χ3n) is 5.68. The molecule has 34 heavy (non-hydrogen) atoms. The van der Waals surface area contributed by atoms with E-state index in [0.717, 1.165) is 22.3 Å². The van der Waals surface area contributed by atoms with Gasteiger partial charge in [-0.1, -0.05) is 76.2 Å². The highest BCUT2D eigenvalue weighted by Gasteiger charge is 2.34. The Kier molecular flexibility index (Phi) is 8.28. The Bertz CT molecular complexity index is 990. The molecule has 1 atom stereocenters. The number of carbonyl (C=O) groups excluding carboxylic acids is 3. The standard InChI is InChI=1S/C26H32N2O6/c1-16(2)14-33-25(30)24(17(3)4)28(32)23(29)13-27-26(31)34-15-22-20-11-7-5-9-18(20)19-10-6-8-12-21(19)22/h5-12,16-17,22,24,32H,13-15H2,1-4H3,(H,27,31). The summed E-state index contributed by atoms with van der Waals surface area (Å²) in [5.74, 6) is -1.91. The van der Waals surface area contributed by atoms with Crippen molar-refractivity contribution in [1.29, 1.82) is 0 Å². The molecule has 2 aromatic carbocycles. The molecular formula is C26H32N2O6. The molecule has 182 valence electrons. The second-order valence-electron chi connectivity index (χ2n) is 9.13. The largest absolute Gasteiger partial charge is 0.464 e. The molecule has 0 spiro atoms. The predicted octanol–water partition coefficient (Wildman–Crippen LogP) is 3.97. The lowest BCUT2D eigenvalue weighted by Crippen LogP contribution is -2.50. The first-order valence-corrected chi connectivity index (χ1v) is 11.5. The third kappa shape index (κ3) is 5.75. The summed E-state index contributed by atoms with van der Waals surface area (Å²) in [4.78, 5) is 37.0. The topological polar surface area (TPSA) is 105 Å². The van der Waals surface area contributed by atoms with E-state index in [-0.39, 0.29) is 31.0 Å². The monoisotopic (exact) mass is 468 g/mol. The molecule has 8 nitrogen and oxygen atoms in total. The molecule has 0 saturated carbocycles. The van der Waals surface area contributed by atoms with Crippen LogP contribution in [0.2, 0.25) is 0 Å². The quantitative estimate of drug-likeness (QED) is 0.328. The Morgan fingerprint density at radius 3 is 2.03 bits per heavy atom. The van der Waals surface area contributed by atoms with E-state index in [1.807, 2.05) is 62.4 Å². The molecule has 3 rings (SSSR count). The van der Waals surface area contributed by atoms with E-state index in [1.54, 1.807) is 13.8 Å². The first kappa shape index (κ1) is 25.2. The van der Waals surface area contributed by atoms with E-state index in [9.17, 15) is 19.6 Å². The molecule has 2 N–H and O–H groups in total. The van der Waals surface area contributed by atoms with Gasteiger partial charge in [0.25, 0.3) is 5.91 Å². The highest BCUT2D eigenvalue weighted by Crippen LogP contribution is 2.44. The maximum atomic E-state index is 12.4. The fourth-order valence-electron chi connectivity index (χ4n) is 4.02. The average molecular weight is 469 g/mol. The zero-order chi connectivity index (χ0) is 24.8. The van der Waals surface area contributed by atoms with E-state index in [0.29, 0.717) is 5.06 Å². The summed E-state index contributed by atoms with van der Waals surface area (Å²) in [6.07, 6.45) is -0.785. The van der Waals surface area contributed by atoms with Gasteiger partial charge in [-0.3, -0.25) is 10.0 Å². The van der Waals surface area contributed by atoms with Crippen molar-refractivity contribution in [3.8, 4) is 11.1 Å². The van der Waals surface area contributed by atoms with Crippen molar-refractivity contribution >= 4 is 18.0 Å². The molecule has 2 aromatic rings. The summed E-state index contributed by atoms with van der Waals surface area (Å²) in [6, 6.07) is 14.8. The van der Waals surface area contributed by atoms with Gasteiger partial charge in [0.1, 0.15) is 13.2 Å². The Labute approximate surface area is 199 Å². The van der Waals surface area contributed by atoms with Crippen LogP contribution in [0, 0.1) is 11.8 Å². The maximum Gasteiger partial charge on any atom is 0.407 e. The number of hydrogen-bond acceptors (Lipinski definition) is 6. The van der Waals surface area contributed by atoms with E-state index in [4.69, 9.17) is 9.47 Å². The van der Waals surface area contributed by atoms with E-state index in [1.165, 1.54) is 0 Å². The highest BCUT2D eigenvalue weighted by atomic mass is 16.6. The predicted molar refractivity (Wildman–Crippen MR) is 126 cm³/mol. The molecule has 1 aliphatic rings. The molecule has 0 radical (unpaired) electrons. The molecule has 0 saturated heterocycles. The Morgan fingerprint density at radius 2 is 1.50 bits per heavy atom. The van der Waals surface area contributed by atoms with Gasteiger partial charge in [-0.15, -0.1) is 0 Å². The number of benzene rings is 2. The zero-order valence-electron chi connectivity index (χ0n) is 20.0. The molecule has 0 fully saturated rings. The highest BCUT2D eigenvalue weighted by molar-refractivity contribution is 5.86. The fourth-order valence-corrected chi connectivity index (χ4v) is 4.02. The van der Waals surface area contributed by atoms with Gasteiger partial charge in [-0.05, 0) is 34.1 Å². The Balaban J connectivity index is 1.55. The van der Waals surface area contributed by atoms with Gasteiger partial charge in [0, 0.05) is 5.92 Å². The SMILES string of the molecule is CC(C)COC(=O)C(C(C)C)N(O)C(=O)CNC(=O)OCC1c2ccccc2-c2ccccc21. The fraction of sp³-hybridized carbons (Fsp3) is 0.423.